The van der Waals surface area contributed by atoms with Gasteiger partial charge in [-0.2, -0.15) is 8.42 Å². The summed E-state index contributed by atoms with van der Waals surface area (Å²) < 4.78 is 26.5. The number of phenolic OH excluding ortho intramolecular Hbond substituents is 1. The van der Waals surface area contributed by atoms with Gasteiger partial charge in [-0.25, -0.2) is 9.03 Å². The Hall–Kier alpha value is -2.28. The van der Waals surface area contributed by atoms with E-state index in [1.54, 1.807) is 6.07 Å². The molecular weight excluding hydrogens is 292 g/mol. The number of nitrogens with zero attached hydrogens (tertiary/aromatic N) is 1. The molecule has 2 N–H and O–H groups in total. The molecule has 0 saturated carbocycles. The fraction of sp³-hybridized carbons (Fsp3) is 0.214. The van der Waals surface area contributed by atoms with Gasteiger partial charge >= 0.3 is 10.2 Å². The summed E-state index contributed by atoms with van der Waals surface area (Å²) >= 11 is 0. The van der Waals surface area contributed by atoms with Gasteiger partial charge in [0.05, 0.1) is 5.69 Å². The molecule has 21 heavy (non-hydrogen) atoms. The monoisotopic (exact) mass is 306 g/mol. The van der Waals surface area contributed by atoms with E-state index in [-0.39, 0.29) is 18.0 Å². The summed E-state index contributed by atoms with van der Waals surface area (Å²) in [7, 11) is -3.92. The number of benzene rings is 2. The Balaban J connectivity index is 2.18. The molecule has 2 aromatic carbocycles. The average molecular weight is 306 g/mol. The third-order valence-corrected chi connectivity index (χ3v) is 4.89. The van der Waals surface area contributed by atoms with Crippen molar-refractivity contribution in [1.29, 1.82) is 0 Å². The zero-order valence-corrected chi connectivity index (χ0v) is 12.1. The Morgan fingerprint density at radius 1 is 1.24 bits per heavy atom. The lowest BCUT2D eigenvalue weighted by Gasteiger charge is -2.17. The number of amides is 1. The number of rotatable bonds is 2. The fourth-order valence-corrected chi connectivity index (χ4v) is 3.56. The second kappa shape index (κ2) is 4.63. The number of carbonyl (C=O) groups excluding carboxylic acids is 1. The van der Waals surface area contributed by atoms with Crippen molar-refractivity contribution >= 4 is 32.6 Å². The summed E-state index contributed by atoms with van der Waals surface area (Å²) in [5.74, 6) is -0.788. The van der Waals surface area contributed by atoms with Crippen molar-refractivity contribution in [1.82, 2.24) is 4.72 Å². The minimum Gasteiger partial charge on any atom is -0.506 e. The molecule has 1 saturated heterocycles. The Morgan fingerprint density at radius 2 is 2.00 bits per heavy atom. The van der Waals surface area contributed by atoms with Crippen molar-refractivity contribution in [2.75, 3.05) is 10.8 Å². The second-order valence-electron chi connectivity index (χ2n) is 4.91. The van der Waals surface area contributed by atoms with Crippen LogP contribution in [0.4, 0.5) is 5.69 Å². The van der Waals surface area contributed by atoms with E-state index in [1.807, 2.05) is 29.8 Å². The third kappa shape index (κ3) is 2.29. The molecule has 1 aliphatic rings. The van der Waals surface area contributed by atoms with E-state index in [0.29, 0.717) is 0 Å². The molecule has 1 heterocycles. The maximum atomic E-state index is 11.9. The lowest BCUT2D eigenvalue weighted by Crippen LogP contribution is -2.29. The van der Waals surface area contributed by atoms with Gasteiger partial charge in [0.2, 0.25) is 0 Å². The molecule has 0 atom stereocenters. The largest absolute Gasteiger partial charge is 0.506 e. The maximum Gasteiger partial charge on any atom is 0.326 e. The van der Waals surface area contributed by atoms with E-state index in [4.69, 9.17) is 0 Å². The zero-order valence-electron chi connectivity index (χ0n) is 11.3. The number of phenols is 1. The van der Waals surface area contributed by atoms with Crippen LogP contribution in [0.25, 0.3) is 10.8 Å². The molecule has 0 aromatic heterocycles. The lowest BCUT2D eigenvalue weighted by molar-refractivity contribution is -0.117. The summed E-state index contributed by atoms with van der Waals surface area (Å²) in [6.45, 7) is 1.70. The number of nitrogens with one attached hydrogen (secondary N) is 1. The third-order valence-electron chi connectivity index (χ3n) is 3.50. The van der Waals surface area contributed by atoms with Crippen LogP contribution in [0.2, 0.25) is 0 Å². The standard InChI is InChI=1S/C14H14N2O4S/c1-2-9-3-4-10-7-13(17)12(6-11(10)5-9)16-8-14(18)15-21(16,19)20/h3-7,17H,2,8H2,1H3,(H,15,18). The van der Waals surface area contributed by atoms with Crippen molar-refractivity contribution in [3.8, 4) is 5.75 Å². The molecule has 3 rings (SSSR count). The first-order chi connectivity index (χ1) is 9.90. The quantitative estimate of drug-likeness (QED) is 0.875. The van der Waals surface area contributed by atoms with Crippen LogP contribution in [0.1, 0.15) is 12.5 Å². The Kier molecular flexibility index (Phi) is 3.02. The first-order valence-electron chi connectivity index (χ1n) is 6.49. The topological polar surface area (TPSA) is 86.7 Å². The molecule has 110 valence electrons. The predicted molar refractivity (Wildman–Crippen MR) is 79.4 cm³/mol. The van der Waals surface area contributed by atoms with Crippen LogP contribution in [0, 0.1) is 0 Å². The SMILES string of the molecule is CCc1ccc2cc(O)c(N3CC(=O)NS3(=O)=O)cc2c1. The summed E-state index contributed by atoms with van der Waals surface area (Å²) in [6.07, 6.45) is 0.855. The molecule has 6 nitrogen and oxygen atoms in total. The van der Waals surface area contributed by atoms with Crippen LogP contribution < -0.4 is 9.03 Å². The molecule has 0 unspecified atom stereocenters. The highest BCUT2D eigenvalue weighted by molar-refractivity contribution is 7.92. The number of carbonyl (C=O) groups is 1. The molecule has 0 spiro atoms. The highest BCUT2D eigenvalue weighted by Gasteiger charge is 2.35. The predicted octanol–water partition coefficient (Wildman–Crippen LogP) is 1.29. The zero-order chi connectivity index (χ0) is 15.2. The molecule has 0 aliphatic carbocycles. The van der Waals surface area contributed by atoms with Gasteiger partial charge in [0.1, 0.15) is 12.3 Å². The Morgan fingerprint density at radius 3 is 2.62 bits per heavy atom. The number of hydrogen-bond acceptors (Lipinski definition) is 4. The fourth-order valence-electron chi connectivity index (χ4n) is 2.40. The van der Waals surface area contributed by atoms with E-state index in [9.17, 15) is 18.3 Å². The minimum absolute atomic E-state index is 0.106. The number of anilines is 1. The summed E-state index contributed by atoms with van der Waals surface area (Å²) in [5.41, 5.74) is 1.21. The van der Waals surface area contributed by atoms with Crippen molar-refractivity contribution in [2.24, 2.45) is 0 Å². The van der Waals surface area contributed by atoms with E-state index >= 15 is 0 Å². The van der Waals surface area contributed by atoms with Gasteiger partial charge in [-0.15, -0.1) is 0 Å². The van der Waals surface area contributed by atoms with Crippen LogP contribution in [-0.4, -0.2) is 26.0 Å². The van der Waals surface area contributed by atoms with E-state index < -0.39 is 16.1 Å². The van der Waals surface area contributed by atoms with Crippen molar-refractivity contribution < 1.29 is 18.3 Å². The van der Waals surface area contributed by atoms with Gasteiger partial charge in [-0.3, -0.25) is 4.79 Å². The smallest absolute Gasteiger partial charge is 0.326 e. The normalized spacial score (nSPS) is 17.2. The van der Waals surface area contributed by atoms with Gasteiger partial charge in [0.15, 0.2) is 0 Å². The summed E-state index contributed by atoms with van der Waals surface area (Å²) in [5, 5.41) is 11.7. The van der Waals surface area contributed by atoms with Crippen LogP contribution in [-0.2, 0) is 21.4 Å². The van der Waals surface area contributed by atoms with Gasteiger partial charge < -0.3 is 5.11 Å². The highest BCUT2D eigenvalue weighted by Crippen LogP contribution is 2.35. The van der Waals surface area contributed by atoms with Crippen molar-refractivity contribution in [2.45, 2.75) is 13.3 Å². The lowest BCUT2D eigenvalue weighted by atomic mass is 10.0. The van der Waals surface area contributed by atoms with E-state index in [2.05, 4.69) is 0 Å². The molecule has 7 heteroatoms. The van der Waals surface area contributed by atoms with Gasteiger partial charge in [-0.05, 0) is 34.9 Å². The Bertz CT molecular complexity index is 845. The first kappa shape index (κ1) is 13.7. The molecule has 1 fully saturated rings. The van der Waals surface area contributed by atoms with Gasteiger partial charge in [-0.1, -0.05) is 25.1 Å². The molecule has 1 amide bonds. The number of hydrogen-bond donors (Lipinski definition) is 2. The van der Waals surface area contributed by atoms with Crippen LogP contribution >= 0.6 is 0 Å². The van der Waals surface area contributed by atoms with E-state index in [1.165, 1.54) is 6.07 Å². The highest BCUT2D eigenvalue weighted by atomic mass is 32.2. The molecule has 2 aromatic rings. The number of aryl methyl sites for hydroxylation is 1. The minimum atomic E-state index is -3.92. The van der Waals surface area contributed by atoms with Crippen LogP contribution in [0.15, 0.2) is 30.3 Å². The molecular formula is C14H14N2O4S. The molecule has 0 bridgehead atoms. The Labute approximate surface area is 122 Å². The van der Waals surface area contributed by atoms with E-state index in [0.717, 1.165) is 27.1 Å². The number of fused-ring (bicyclic) bond motifs is 1. The van der Waals surface area contributed by atoms with Gasteiger partial charge in [0.25, 0.3) is 5.91 Å². The molecule has 0 radical (unpaired) electrons. The maximum absolute atomic E-state index is 11.9. The van der Waals surface area contributed by atoms with Crippen LogP contribution in [0.3, 0.4) is 0 Å². The summed E-state index contributed by atoms with van der Waals surface area (Å²) in [6, 6.07) is 8.86. The summed E-state index contributed by atoms with van der Waals surface area (Å²) in [4.78, 5) is 11.3. The molecule has 1 aliphatic heterocycles. The number of aromatic hydroxyl groups is 1. The van der Waals surface area contributed by atoms with Crippen molar-refractivity contribution in [3.05, 3.63) is 35.9 Å². The second-order valence-corrected chi connectivity index (χ2v) is 6.51. The van der Waals surface area contributed by atoms with Gasteiger partial charge in [0, 0.05) is 0 Å². The average Bonchev–Trinajstić information content (AvgIpc) is 2.70. The van der Waals surface area contributed by atoms with Crippen LogP contribution in [0.5, 0.6) is 5.75 Å². The first-order valence-corrected chi connectivity index (χ1v) is 7.93. The van der Waals surface area contributed by atoms with Crippen molar-refractivity contribution in [3.63, 3.8) is 0 Å².